The molecule has 43 heavy (non-hydrogen) atoms. The number of nitrogen functional groups attached to an aromatic ring is 1. The minimum absolute atomic E-state index is 0.0317. The third-order valence-corrected chi connectivity index (χ3v) is 7.88. The Kier molecular flexibility index (Phi) is 10.4. The number of ether oxygens (including phenoxy) is 2. The molecule has 1 aliphatic heterocycles. The van der Waals surface area contributed by atoms with Crippen LogP contribution in [0, 0.1) is 11.3 Å². The van der Waals surface area contributed by atoms with E-state index in [1.54, 1.807) is 35.2 Å². The van der Waals surface area contributed by atoms with E-state index in [1.165, 1.54) is 6.20 Å². The molecule has 10 nitrogen and oxygen atoms in total. The largest absolute Gasteiger partial charge is 0.492 e. The summed E-state index contributed by atoms with van der Waals surface area (Å²) >= 11 is 12.3. The van der Waals surface area contributed by atoms with E-state index in [2.05, 4.69) is 12.2 Å². The number of nitrogens with one attached hydrogen (secondary N) is 2. The maximum Gasteiger partial charge on any atom is 0.415 e. The molecule has 12 heteroatoms. The normalized spacial score (nSPS) is 18.5. The zero-order valence-corrected chi connectivity index (χ0v) is 25.1. The highest BCUT2D eigenvalue weighted by molar-refractivity contribution is 6.31. The average Bonchev–Trinajstić information content (AvgIpc) is 2.97. The second-order valence-corrected chi connectivity index (χ2v) is 11.1. The van der Waals surface area contributed by atoms with Gasteiger partial charge < -0.3 is 36.9 Å². The molecule has 4 rings (SSSR count). The molecule has 0 radical (unpaired) electrons. The van der Waals surface area contributed by atoms with Crippen LogP contribution in [-0.2, 0) is 4.79 Å². The van der Waals surface area contributed by atoms with Crippen molar-refractivity contribution in [1.29, 1.82) is 5.41 Å². The molecule has 3 aromatic carbocycles. The van der Waals surface area contributed by atoms with Gasteiger partial charge in [0.05, 0.1) is 11.6 Å². The molecule has 3 atom stereocenters. The van der Waals surface area contributed by atoms with E-state index >= 15 is 0 Å². The van der Waals surface area contributed by atoms with Gasteiger partial charge in [-0.2, -0.15) is 0 Å². The van der Waals surface area contributed by atoms with Gasteiger partial charge in [-0.05, 0) is 84.0 Å². The van der Waals surface area contributed by atoms with Crippen LogP contribution in [0.1, 0.15) is 36.4 Å². The summed E-state index contributed by atoms with van der Waals surface area (Å²) in [4.78, 5) is 26.6. The Balaban J connectivity index is 1.52. The zero-order valence-electron chi connectivity index (χ0n) is 23.6. The molecule has 0 aliphatic carbocycles. The van der Waals surface area contributed by atoms with Crippen LogP contribution in [0.2, 0.25) is 10.0 Å². The van der Waals surface area contributed by atoms with Crippen molar-refractivity contribution < 1.29 is 19.1 Å². The lowest BCUT2D eigenvalue weighted by atomic mass is 9.74. The van der Waals surface area contributed by atoms with E-state index in [9.17, 15) is 9.59 Å². The monoisotopic (exact) mass is 624 g/mol. The summed E-state index contributed by atoms with van der Waals surface area (Å²) in [5.74, 6) is -0.167. The number of halogens is 2. The number of nitrogens with two attached hydrogens (primary N) is 3. The number of hydrogen-bond acceptors (Lipinski definition) is 7. The van der Waals surface area contributed by atoms with Crippen LogP contribution in [0.15, 0.2) is 78.5 Å². The Morgan fingerprint density at radius 2 is 1.67 bits per heavy atom. The van der Waals surface area contributed by atoms with Gasteiger partial charge >= 0.3 is 6.09 Å². The van der Waals surface area contributed by atoms with Crippen LogP contribution in [0.5, 0.6) is 11.5 Å². The number of likely N-dealkylation sites (tertiary alicyclic amines) is 1. The Labute approximate surface area is 260 Å². The van der Waals surface area contributed by atoms with Crippen LogP contribution in [-0.4, -0.2) is 42.4 Å². The van der Waals surface area contributed by atoms with Crippen LogP contribution in [0.4, 0.5) is 10.5 Å². The molecule has 8 N–H and O–H groups in total. The minimum atomic E-state index is -0.792. The van der Waals surface area contributed by atoms with Gasteiger partial charge in [0.2, 0.25) is 0 Å². The van der Waals surface area contributed by atoms with Gasteiger partial charge in [0.15, 0.2) is 0 Å². The van der Waals surface area contributed by atoms with Gasteiger partial charge in [0.1, 0.15) is 23.9 Å². The number of nitrogens with zero attached hydrogens (tertiary/aromatic N) is 1. The number of carbonyl (C=O) groups is 2. The Hall–Kier alpha value is -4.41. The maximum absolute atomic E-state index is 13.5. The average molecular weight is 626 g/mol. The summed E-state index contributed by atoms with van der Waals surface area (Å²) in [6, 6.07) is 19.3. The summed E-state index contributed by atoms with van der Waals surface area (Å²) in [6.07, 6.45) is 1.52. The molecule has 1 aliphatic rings. The molecule has 2 amide bonds. The van der Waals surface area contributed by atoms with Gasteiger partial charge in [-0.3, -0.25) is 10.2 Å². The number of amides is 2. The Bertz CT molecular complexity index is 1480. The summed E-state index contributed by atoms with van der Waals surface area (Å²) in [5.41, 5.74) is 19.4. The minimum Gasteiger partial charge on any atom is -0.492 e. The highest BCUT2D eigenvalue weighted by atomic mass is 35.5. The predicted octanol–water partition coefficient (Wildman–Crippen LogP) is 5.21. The smallest absolute Gasteiger partial charge is 0.415 e. The summed E-state index contributed by atoms with van der Waals surface area (Å²) in [6.45, 7) is 3.17. The van der Waals surface area contributed by atoms with Crippen molar-refractivity contribution in [3.8, 4) is 11.5 Å². The lowest BCUT2D eigenvalue weighted by Gasteiger charge is -2.44. The molecule has 1 saturated heterocycles. The number of benzene rings is 3. The molecule has 3 unspecified atom stereocenters. The number of primary amides is 1. The second-order valence-electron chi connectivity index (χ2n) is 10.2. The first-order chi connectivity index (χ1) is 20.5. The quantitative estimate of drug-likeness (QED) is 0.0677. The Morgan fingerprint density at radius 3 is 2.33 bits per heavy atom. The third kappa shape index (κ3) is 7.91. The van der Waals surface area contributed by atoms with E-state index in [1.807, 2.05) is 36.4 Å². The number of anilines is 1. The van der Waals surface area contributed by atoms with Crippen LogP contribution in [0.3, 0.4) is 0 Å². The molecule has 226 valence electrons. The topological polar surface area (TPSA) is 170 Å². The van der Waals surface area contributed by atoms with Crippen molar-refractivity contribution in [3.05, 3.63) is 99.7 Å². The van der Waals surface area contributed by atoms with Crippen molar-refractivity contribution in [2.24, 2.45) is 17.4 Å². The van der Waals surface area contributed by atoms with Crippen molar-refractivity contribution in [1.82, 2.24) is 10.2 Å². The lowest BCUT2D eigenvalue weighted by molar-refractivity contribution is -0.114. The van der Waals surface area contributed by atoms with E-state index < -0.39 is 17.8 Å². The molecule has 3 aromatic rings. The third-order valence-electron chi connectivity index (χ3n) is 7.39. The fraction of sp³-hybridized carbons (Fsp3) is 0.258. The molecular formula is C31H34Cl2N6O4. The SMILES string of the molecule is CC1C(c2cc(Cl)ccc2N)CCN(C(=O)Oc2ccc(Cl)cc2)C1c1ccc(OCCN/C=C(\C(=N)N)C(N)=O)cc1. The highest BCUT2D eigenvalue weighted by Gasteiger charge is 2.40. The number of carbonyl (C=O) groups excluding carboxylic acids is 2. The molecule has 1 heterocycles. The van der Waals surface area contributed by atoms with Crippen molar-refractivity contribution in [2.45, 2.75) is 25.3 Å². The second kappa shape index (κ2) is 14.2. The molecular weight excluding hydrogens is 591 g/mol. The first-order valence-corrected chi connectivity index (χ1v) is 14.4. The van der Waals surface area contributed by atoms with E-state index in [0.717, 1.165) is 11.1 Å². The van der Waals surface area contributed by atoms with E-state index in [0.29, 0.717) is 46.7 Å². The summed E-state index contributed by atoms with van der Waals surface area (Å²) in [7, 11) is 0. The molecule has 0 aromatic heterocycles. The fourth-order valence-electron chi connectivity index (χ4n) is 5.28. The van der Waals surface area contributed by atoms with Crippen LogP contribution in [0.25, 0.3) is 0 Å². The predicted molar refractivity (Wildman–Crippen MR) is 168 cm³/mol. The maximum atomic E-state index is 13.5. The standard InChI is InChI=1S/C31H34Cl2N6O4/c1-18-24(25-16-21(33)6-11-27(25)34)12-14-39(31(41)43-23-9-4-20(32)5-10-23)28(18)19-2-7-22(8-3-19)42-15-13-38-17-26(29(35)36)30(37)40/h2-11,16-18,24,28,38H,12-15,34H2,1H3,(H3,35,36)(H2,37,40)/b26-17+. The highest BCUT2D eigenvalue weighted by Crippen LogP contribution is 2.46. The number of amidine groups is 1. The van der Waals surface area contributed by atoms with Gasteiger partial charge in [0, 0.05) is 35.0 Å². The van der Waals surface area contributed by atoms with Gasteiger partial charge in [-0.25, -0.2) is 4.79 Å². The summed E-state index contributed by atoms with van der Waals surface area (Å²) < 4.78 is 11.6. The van der Waals surface area contributed by atoms with Crippen LogP contribution < -0.4 is 32.0 Å². The van der Waals surface area contributed by atoms with Crippen LogP contribution >= 0.6 is 23.2 Å². The molecule has 0 spiro atoms. The summed E-state index contributed by atoms with van der Waals surface area (Å²) in [5, 5.41) is 11.4. The molecule has 1 fully saturated rings. The van der Waals surface area contributed by atoms with E-state index in [-0.39, 0.29) is 30.1 Å². The molecule has 0 saturated carbocycles. The lowest BCUT2D eigenvalue weighted by Crippen LogP contribution is -2.46. The fourth-order valence-corrected chi connectivity index (χ4v) is 5.59. The van der Waals surface area contributed by atoms with Gasteiger partial charge in [-0.1, -0.05) is 42.3 Å². The van der Waals surface area contributed by atoms with Crippen molar-refractivity contribution >= 4 is 46.7 Å². The zero-order chi connectivity index (χ0) is 31.1. The van der Waals surface area contributed by atoms with Crippen molar-refractivity contribution in [2.75, 3.05) is 25.4 Å². The number of rotatable bonds is 10. The molecule has 0 bridgehead atoms. The van der Waals surface area contributed by atoms with E-state index in [4.69, 9.17) is 55.3 Å². The van der Waals surface area contributed by atoms with Crippen molar-refractivity contribution in [3.63, 3.8) is 0 Å². The van der Waals surface area contributed by atoms with Gasteiger partial charge in [0.25, 0.3) is 5.91 Å². The number of hydrogen-bond donors (Lipinski definition) is 5. The number of piperidine rings is 1. The van der Waals surface area contributed by atoms with Gasteiger partial charge in [-0.15, -0.1) is 0 Å². The first kappa shape index (κ1) is 31.5. The Morgan fingerprint density at radius 1 is 1.02 bits per heavy atom. The first-order valence-electron chi connectivity index (χ1n) is 13.6.